The number of amides is 2. The molecule has 5 nitrogen and oxygen atoms in total. The fraction of sp³-hybridized carbons (Fsp3) is 0.429. The summed E-state index contributed by atoms with van der Waals surface area (Å²) in [5.41, 5.74) is 0.951. The first-order chi connectivity index (χ1) is 9.47. The zero-order valence-corrected chi connectivity index (χ0v) is 11.2. The van der Waals surface area contributed by atoms with E-state index in [1.807, 2.05) is 0 Å². The molecule has 1 aromatic carbocycles. The number of aryl methyl sites for hydroxylation is 1. The van der Waals surface area contributed by atoms with Crippen LogP contribution in [0.2, 0.25) is 0 Å². The molecule has 1 atom stereocenters. The molecule has 1 saturated heterocycles. The zero-order chi connectivity index (χ0) is 14.7. The molecule has 108 valence electrons. The third-order valence-corrected chi connectivity index (χ3v) is 3.33. The summed E-state index contributed by atoms with van der Waals surface area (Å²) in [4.78, 5) is 25.1. The first kappa shape index (κ1) is 14.5. The largest absolute Gasteiger partial charge is 0.391 e. The minimum absolute atomic E-state index is 0.161. The van der Waals surface area contributed by atoms with Crippen molar-refractivity contribution in [3.63, 3.8) is 0 Å². The fourth-order valence-corrected chi connectivity index (χ4v) is 2.19. The van der Waals surface area contributed by atoms with Crippen LogP contribution in [0.3, 0.4) is 0 Å². The molecule has 1 heterocycles. The lowest BCUT2D eigenvalue weighted by molar-refractivity contribution is -0.145. The monoisotopic (exact) mass is 280 g/mol. The van der Waals surface area contributed by atoms with E-state index in [0.717, 1.165) is 0 Å². The topological polar surface area (TPSA) is 69.6 Å². The molecule has 0 aliphatic carbocycles. The maximum Gasteiger partial charge on any atom is 0.313 e. The average Bonchev–Trinajstić information content (AvgIpc) is 2.42. The van der Waals surface area contributed by atoms with Crippen molar-refractivity contribution in [1.82, 2.24) is 4.90 Å². The molecular formula is C14H17FN2O3. The van der Waals surface area contributed by atoms with Gasteiger partial charge in [-0.1, -0.05) is 6.07 Å². The molecule has 0 radical (unpaired) electrons. The van der Waals surface area contributed by atoms with Crippen LogP contribution < -0.4 is 5.32 Å². The zero-order valence-electron chi connectivity index (χ0n) is 11.2. The number of piperidine rings is 1. The Labute approximate surface area is 116 Å². The normalized spacial score (nSPS) is 18.8. The number of anilines is 1. The maximum atomic E-state index is 13.1. The second-order valence-electron chi connectivity index (χ2n) is 4.96. The quantitative estimate of drug-likeness (QED) is 0.756. The number of likely N-dealkylation sites (tertiary alicyclic amines) is 1. The highest BCUT2D eigenvalue weighted by Gasteiger charge is 2.27. The number of benzene rings is 1. The smallest absolute Gasteiger partial charge is 0.313 e. The SMILES string of the molecule is Cc1ccc(F)cc1NC(=O)C(=O)N1CCCC(O)C1. The summed E-state index contributed by atoms with van der Waals surface area (Å²) in [6, 6.07) is 3.99. The number of halogens is 1. The molecule has 2 rings (SSSR count). The Balaban J connectivity index is 2.04. The first-order valence-electron chi connectivity index (χ1n) is 6.52. The summed E-state index contributed by atoms with van der Waals surface area (Å²) in [7, 11) is 0. The Morgan fingerprint density at radius 1 is 1.45 bits per heavy atom. The lowest BCUT2D eigenvalue weighted by Gasteiger charge is -2.29. The van der Waals surface area contributed by atoms with Crippen LogP contribution in [0.1, 0.15) is 18.4 Å². The van der Waals surface area contributed by atoms with E-state index in [2.05, 4.69) is 5.32 Å². The molecule has 0 spiro atoms. The van der Waals surface area contributed by atoms with Gasteiger partial charge in [-0.25, -0.2) is 4.39 Å². The molecule has 0 saturated carbocycles. The Hall–Kier alpha value is -1.95. The average molecular weight is 280 g/mol. The number of aliphatic hydroxyl groups excluding tert-OH is 1. The lowest BCUT2D eigenvalue weighted by Crippen LogP contribution is -2.46. The van der Waals surface area contributed by atoms with Crippen molar-refractivity contribution in [1.29, 1.82) is 0 Å². The molecular weight excluding hydrogens is 263 g/mol. The van der Waals surface area contributed by atoms with Gasteiger partial charge in [0.15, 0.2) is 0 Å². The van der Waals surface area contributed by atoms with E-state index in [1.165, 1.54) is 23.1 Å². The van der Waals surface area contributed by atoms with Crippen LogP contribution in [0.15, 0.2) is 18.2 Å². The van der Waals surface area contributed by atoms with E-state index in [9.17, 15) is 19.1 Å². The number of aliphatic hydroxyl groups is 1. The molecule has 2 N–H and O–H groups in total. The van der Waals surface area contributed by atoms with E-state index in [-0.39, 0.29) is 12.2 Å². The standard InChI is InChI=1S/C14H17FN2O3/c1-9-4-5-10(15)7-12(9)16-13(19)14(20)17-6-2-3-11(18)8-17/h4-5,7,11,18H,2-3,6,8H2,1H3,(H,16,19). The van der Waals surface area contributed by atoms with E-state index in [0.29, 0.717) is 24.9 Å². The van der Waals surface area contributed by atoms with Gasteiger partial charge >= 0.3 is 11.8 Å². The van der Waals surface area contributed by atoms with Crippen molar-refractivity contribution in [2.75, 3.05) is 18.4 Å². The van der Waals surface area contributed by atoms with Crippen LogP contribution in [0.4, 0.5) is 10.1 Å². The summed E-state index contributed by atoms with van der Waals surface area (Å²) in [6.45, 7) is 2.32. The number of β-amino-alcohol motifs (C(OH)–C–C–N with tert-alkyl or cyclic N) is 1. The maximum absolute atomic E-state index is 13.1. The van der Waals surface area contributed by atoms with Gasteiger partial charge in [0.25, 0.3) is 0 Å². The number of carbonyl (C=O) groups is 2. The molecule has 1 unspecified atom stereocenters. The molecule has 20 heavy (non-hydrogen) atoms. The van der Waals surface area contributed by atoms with Crippen molar-refractivity contribution < 1.29 is 19.1 Å². The van der Waals surface area contributed by atoms with E-state index < -0.39 is 23.7 Å². The van der Waals surface area contributed by atoms with E-state index in [1.54, 1.807) is 6.92 Å². The third kappa shape index (κ3) is 3.33. The molecule has 6 heteroatoms. The second kappa shape index (κ2) is 6.00. The lowest BCUT2D eigenvalue weighted by atomic mass is 10.1. The van der Waals surface area contributed by atoms with Crippen LogP contribution in [-0.2, 0) is 9.59 Å². The van der Waals surface area contributed by atoms with Gasteiger partial charge in [0.1, 0.15) is 5.82 Å². The number of hydrogen-bond donors (Lipinski definition) is 2. The van der Waals surface area contributed by atoms with Gasteiger partial charge in [-0.05, 0) is 37.5 Å². The molecule has 1 aromatic rings. The minimum Gasteiger partial charge on any atom is -0.391 e. The predicted octanol–water partition coefficient (Wildman–Crippen LogP) is 1.06. The highest BCUT2D eigenvalue weighted by atomic mass is 19.1. The van der Waals surface area contributed by atoms with E-state index in [4.69, 9.17) is 0 Å². The Kier molecular flexibility index (Phi) is 4.34. The summed E-state index contributed by atoms with van der Waals surface area (Å²) < 4.78 is 13.1. The Bertz CT molecular complexity index is 533. The van der Waals surface area contributed by atoms with Crippen molar-refractivity contribution in [2.24, 2.45) is 0 Å². The summed E-state index contributed by atoms with van der Waals surface area (Å²) in [5, 5.41) is 11.9. The highest BCUT2D eigenvalue weighted by molar-refractivity contribution is 6.39. The van der Waals surface area contributed by atoms with Gasteiger partial charge in [0, 0.05) is 18.8 Å². The Morgan fingerprint density at radius 2 is 2.20 bits per heavy atom. The van der Waals surface area contributed by atoms with E-state index >= 15 is 0 Å². The second-order valence-corrected chi connectivity index (χ2v) is 4.96. The van der Waals surface area contributed by atoms with Crippen molar-refractivity contribution in [3.8, 4) is 0 Å². The summed E-state index contributed by atoms with van der Waals surface area (Å²) in [6.07, 6.45) is 0.713. The number of rotatable bonds is 1. The number of nitrogens with one attached hydrogen (secondary N) is 1. The molecule has 0 bridgehead atoms. The van der Waals surface area contributed by atoms with Crippen molar-refractivity contribution in [3.05, 3.63) is 29.6 Å². The van der Waals surface area contributed by atoms with Crippen LogP contribution in [0, 0.1) is 12.7 Å². The molecule has 2 amide bonds. The molecule has 1 fully saturated rings. The number of nitrogens with zero attached hydrogens (tertiary/aromatic N) is 1. The van der Waals surface area contributed by atoms with Gasteiger partial charge in [-0.2, -0.15) is 0 Å². The molecule has 0 aromatic heterocycles. The Morgan fingerprint density at radius 3 is 2.90 bits per heavy atom. The van der Waals surface area contributed by atoms with Gasteiger partial charge in [0.05, 0.1) is 6.10 Å². The predicted molar refractivity (Wildman–Crippen MR) is 71.6 cm³/mol. The number of carbonyl (C=O) groups excluding carboxylic acids is 2. The highest BCUT2D eigenvalue weighted by Crippen LogP contribution is 2.16. The molecule has 1 aliphatic heterocycles. The van der Waals surface area contributed by atoms with Crippen molar-refractivity contribution >= 4 is 17.5 Å². The van der Waals surface area contributed by atoms with Gasteiger partial charge in [-0.3, -0.25) is 9.59 Å². The van der Waals surface area contributed by atoms with Gasteiger partial charge in [-0.15, -0.1) is 0 Å². The van der Waals surface area contributed by atoms with Crippen LogP contribution in [0.25, 0.3) is 0 Å². The minimum atomic E-state index is -0.812. The van der Waals surface area contributed by atoms with Crippen LogP contribution in [-0.4, -0.2) is 41.0 Å². The fourth-order valence-electron chi connectivity index (χ4n) is 2.19. The van der Waals surface area contributed by atoms with Crippen LogP contribution in [0.5, 0.6) is 0 Å². The summed E-state index contributed by atoms with van der Waals surface area (Å²) >= 11 is 0. The van der Waals surface area contributed by atoms with Gasteiger partial charge in [0.2, 0.25) is 0 Å². The third-order valence-electron chi connectivity index (χ3n) is 3.33. The van der Waals surface area contributed by atoms with Gasteiger partial charge < -0.3 is 15.3 Å². The molecule has 1 aliphatic rings. The van der Waals surface area contributed by atoms with Crippen LogP contribution >= 0.6 is 0 Å². The number of hydrogen-bond acceptors (Lipinski definition) is 3. The first-order valence-corrected chi connectivity index (χ1v) is 6.52. The summed E-state index contributed by atoms with van der Waals surface area (Å²) in [5.74, 6) is -1.99. The van der Waals surface area contributed by atoms with Crippen molar-refractivity contribution in [2.45, 2.75) is 25.9 Å².